The molecule has 3 nitrogen and oxygen atoms in total. The summed E-state index contributed by atoms with van der Waals surface area (Å²) in [5, 5.41) is 1.83. The van der Waals surface area contributed by atoms with E-state index in [-0.39, 0.29) is 5.56 Å². The average molecular weight is 351 g/mol. The van der Waals surface area contributed by atoms with E-state index in [2.05, 4.69) is 20.9 Å². The number of halogens is 1. The molecule has 0 aliphatic heterocycles. The predicted octanol–water partition coefficient (Wildman–Crippen LogP) is 4.52. The highest BCUT2D eigenvalue weighted by molar-refractivity contribution is 9.09. The second kappa shape index (κ2) is 8.98. The highest BCUT2D eigenvalue weighted by Crippen LogP contribution is 2.09. The number of alkyl halides is 1. The number of hydrogen-bond acceptors (Lipinski definition) is 2. The molecule has 0 unspecified atom stereocenters. The summed E-state index contributed by atoms with van der Waals surface area (Å²) in [5.74, 6) is 0. The van der Waals surface area contributed by atoms with Crippen molar-refractivity contribution in [3.05, 3.63) is 40.9 Å². The molecular weight excluding hydrogens is 328 g/mol. The largest absolute Gasteiger partial charge is 0.299 e. The van der Waals surface area contributed by atoms with Gasteiger partial charge in [-0.2, -0.15) is 0 Å². The number of para-hydroxylation sites is 1. The molecule has 114 valence electrons. The van der Waals surface area contributed by atoms with E-state index in [4.69, 9.17) is 0 Å². The van der Waals surface area contributed by atoms with Gasteiger partial charge in [0.25, 0.3) is 5.56 Å². The normalized spacial score (nSPS) is 11.1. The van der Waals surface area contributed by atoms with Crippen molar-refractivity contribution >= 4 is 26.8 Å². The summed E-state index contributed by atoms with van der Waals surface area (Å²) in [6.45, 7) is 0.776. The van der Waals surface area contributed by atoms with Crippen molar-refractivity contribution in [3.63, 3.8) is 0 Å². The van der Waals surface area contributed by atoms with Crippen LogP contribution >= 0.6 is 15.9 Å². The summed E-state index contributed by atoms with van der Waals surface area (Å²) in [6, 6.07) is 7.54. The Morgan fingerprint density at radius 2 is 1.62 bits per heavy atom. The van der Waals surface area contributed by atoms with Crippen molar-refractivity contribution in [3.8, 4) is 0 Å². The van der Waals surface area contributed by atoms with Crippen LogP contribution in [0, 0.1) is 0 Å². The Kier molecular flexibility index (Phi) is 6.93. The smallest absolute Gasteiger partial charge is 0.261 e. The Morgan fingerprint density at radius 1 is 0.952 bits per heavy atom. The number of fused-ring (bicyclic) bond motifs is 1. The van der Waals surface area contributed by atoms with Crippen molar-refractivity contribution < 1.29 is 0 Å². The molecule has 0 fully saturated rings. The molecule has 0 amide bonds. The van der Waals surface area contributed by atoms with Crippen LogP contribution in [0.1, 0.15) is 44.9 Å². The van der Waals surface area contributed by atoms with Crippen molar-refractivity contribution in [2.45, 2.75) is 51.5 Å². The zero-order valence-corrected chi connectivity index (χ0v) is 14.0. The lowest BCUT2D eigenvalue weighted by molar-refractivity contribution is 0.542. The quantitative estimate of drug-likeness (QED) is 0.492. The maximum absolute atomic E-state index is 12.3. The Balaban J connectivity index is 1.76. The van der Waals surface area contributed by atoms with Gasteiger partial charge in [0.2, 0.25) is 0 Å². The van der Waals surface area contributed by atoms with Gasteiger partial charge in [0, 0.05) is 11.9 Å². The third kappa shape index (κ3) is 4.95. The van der Waals surface area contributed by atoms with Crippen LogP contribution in [0.15, 0.2) is 35.4 Å². The molecular formula is C17H23BrN2O. The van der Waals surface area contributed by atoms with Crippen molar-refractivity contribution in [1.82, 2.24) is 9.55 Å². The van der Waals surface area contributed by atoms with Gasteiger partial charge in [-0.3, -0.25) is 9.36 Å². The van der Waals surface area contributed by atoms with Gasteiger partial charge in [-0.15, -0.1) is 0 Å². The molecule has 21 heavy (non-hydrogen) atoms. The number of nitrogens with zero attached hydrogens (tertiary/aromatic N) is 2. The summed E-state index contributed by atoms with van der Waals surface area (Å²) < 4.78 is 1.74. The molecule has 2 aromatic rings. The Bertz CT molecular complexity index is 609. The van der Waals surface area contributed by atoms with Gasteiger partial charge in [-0.25, -0.2) is 4.98 Å². The molecule has 1 aromatic carbocycles. The fourth-order valence-corrected chi connectivity index (χ4v) is 2.92. The molecule has 0 N–H and O–H groups in total. The fourth-order valence-electron chi connectivity index (χ4n) is 2.53. The maximum atomic E-state index is 12.3. The lowest BCUT2D eigenvalue weighted by Gasteiger charge is -2.06. The first-order valence-electron chi connectivity index (χ1n) is 7.83. The minimum absolute atomic E-state index is 0.0814. The first-order chi connectivity index (χ1) is 10.3. The summed E-state index contributed by atoms with van der Waals surface area (Å²) in [4.78, 5) is 16.6. The van der Waals surface area contributed by atoms with E-state index < -0.39 is 0 Å². The van der Waals surface area contributed by atoms with Gasteiger partial charge in [0.1, 0.15) is 0 Å². The van der Waals surface area contributed by atoms with Gasteiger partial charge < -0.3 is 0 Å². The second-order valence-corrected chi connectivity index (χ2v) is 6.22. The number of benzene rings is 1. The molecule has 0 aliphatic carbocycles. The van der Waals surface area contributed by atoms with E-state index in [1.807, 2.05) is 24.3 Å². The summed E-state index contributed by atoms with van der Waals surface area (Å²) in [7, 11) is 0. The third-order valence-electron chi connectivity index (χ3n) is 3.76. The first-order valence-corrected chi connectivity index (χ1v) is 8.95. The number of hydrogen-bond donors (Lipinski definition) is 0. The van der Waals surface area contributed by atoms with Gasteiger partial charge in [-0.05, 0) is 25.0 Å². The van der Waals surface area contributed by atoms with E-state index in [9.17, 15) is 4.79 Å². The predicted molar refractivity (Wildman–Crippen MR) is 92.1 cm³/mol. The van der Waals surface area contributed by atoms with E-state index in [0.717, 1.165) is 29.2 Å². The molecule has 0 saturated carbocycles. The molecule has 4 heteroatoms. The van der Waals surface area contributed by atoms with Gasteiger partial charge >= 0.3 is 0 Å². The molecule has 0 aliphatic rings. The Hall–Kier alpha value is -1.16. The number of aryl methyl sites for hydroxylation is 1. The van der Waals surface area contributed by atoms with E-state index in [1.54, 1.807) is 10.9 Å². The van der Waals surface area contributed by atoms with Crippen LogP contribution in [-0.4, -0.2) is 14.9 Å². The zero-order valence-electron chi connectivity index (χ0n) is 12.4. The Morgan fingerprint density at radius 3 is 2.38 bits per heavy atom. The number of unbranched alkanes of at least 4 members (excludes halogenated alkanes) is 6. The standard InChI is InChI=1S/C17H23BrN2O/c18-12-8-4-2-1-3-5-9-13-20-14-19-16-11-7-6-10-15(16)17(20)21/h6-7,10-11,14H,1-5,8-9,12-13H2. The van der Waals surface area contributed by atoms with Crippen LogP contribution in [0.2, 0.25) is 0 Å². The van der Waals surface area contributed by atoms with Gasteiger partial charge in [0.15, 0.2) is 0 Å². The molecule has 0 spiro atoms. The molecule has 1 heterocycles. The van der Waals surface area contributed by atoms with Gasteiger partial charge in [-0.1, -0.05) is 60.2 Å². The number of aromatic nitrogens is 2. The zero-order chi connectivity index (χ0) is 14.9. The maximum Gasteiger partial charge on any atom is 0.261 e. The molecule has 2 rings (SSSR count). The summed E-state index contributed by atoms with van der Waals surface area (Å²) in [5.41, 5.74) is 0.864. The number of rotatable bonds is 9. The molecule has 0 bridgehead atoms. The summed E-state index contributed by atoms with van der Waals surface area (Å²) >= 11 is 3.45. The minimum atomic E-state index is 0.0814. The van der Waals surface area contributed by atoms with Crippen LogP contribution in [0.3, 0.4) is 0 Å². The van der Waals surface area contributed by atoms with E-state index in [0.29, 0.717) is 0 Å². The monoisotopic (exact) mass is 350 g/mol. The Labute approximate surface area is 134 Å². The second-order valence-electron chi connectivity index (χ2n) is 5.42. The lowest BCUT2D eigenvalue weighted by Crippen LogP contribution is -2.20. The van der Waals surface area contributed by atoms with Crippen molar-refractivity contribution in [2.24, 2.45) is 0 Å². The van der Waals surface area contributed by atoms with E-state index in [1.165, 1.54) is 38.5 Å². The van der Waals surface area contributed by atoms with Crippen LogP contribution in [0.25, 0.3) is 10.9 Å². The first kappa shape index (κ1) is 16.2. The molecule has 0 saturated heterocycles. The van der Waals surface area contributed by atoms with Crippen LogP contribution in [0.4, 0.5) is 0 Å². The van der Waals surface area contributed by atoms with Gasteiger partial charge in [0.05, 0.1) is 17.2 Å². The minimum Gasteiger partial charge on any atom is -0.299 e. The lowest BCUT2D eigenvalue weighted by atomic mass is 10.1. The van der Waals surface area contributed by atoms with E-state index >= 15 is 0 Å². The van der Waals surface area contributed by atoms with Crippen LogP contribution in [-0.2, 0) is 6.54 Å². The third-order valence-corrected chi connectivity index (χ3v) is 4.32. The van der Waals surface area contributed by atoms with Crippen LogP contribution in [0.5, 0.6) is 0 Å². The molecule has 0 radical (unpaired) electrons. The average Bonchev–Trinajstić information content (AvgIpc) is 2.52. The SMILES string of the molecule is O=c1c2ccccc2ncn1CCCCCCCCCBr. The van der Waals surface area contributed by atoms with Crippen LogP contribution < -0.4 is 5.56 Å². The fraction of sp³-hybridized carbons (Fsp3) is 0.529. The molecule has 1 aromatic heterocycles. The van der Waals surface area contributed by atoms with Crippen molar-refractivity contribution in [2.75, 3.05) is 5.33 Å². The topological polar surface area (TPSA) is 34.9 Å². The highest BCUT2D eigenvalue weighted by Gasteiger charge is 2.02. The summed E-state index contributed by atoms with van der Waals surface area (Å²) in [6.07, 6.45) is 10.4. The van der Waals surface area contributed by atoms with Crippen molar-refractivity contribution in [1.29, 1.82) is 0 Å². The molecule has 0 atom stereocenters. The highest BCUT2D eigenvalue weighted by atomic mass is 79.9.